The Hall–Kier alpha value is -0.340. The molecule has 1 fully saturated rings. The Kier molecular flexibility index (Phi) is 2.90. The van der Waals surface area contributed by atoms with Crippen LogP contribution in [0.4, 0.5) is 0 Å². The van der Waals surface area contributed by atoms with Crippen LogP contribution in [-0.2, 0) is 4.74 Å². The minimum Gasteiger partial charge on any atom is -0.394 e. The minimum atomic E-state index is 0.126. The number of aliphatic hydroxyl groups excluding tert-OH is 1. The summed E-state index contributed by atoms with van der Waals surface area (Å²) in [4.78, 5) is 0. The number of ether oxygens (including phenoxy) is 1. The maximum Gasteiger partial charge on any atom is 0.107 e. The van der Waals surface area contributed by atoms with E-state index in [2.05, 4.69) is 19.1 Å². The first-order valence-electron chi connectivity index (χ1n) is 3.79. The predicted molar refractivity (Wildman–Crippen MR) is 39.8 cm³/mol. The van der Waals surface area contributed by atoms with E-state index in [4.69, 9.17) is 9.84 Å². The second kappa shape index (κ2) is 3.74. The number of rotatable bonds is 4. The Morgan fingerprint density at radius 2 is 2.20 bits per heavy atom. The van der Waals surface area contributed by atoms with Gasteiger partial charge in [0.2, 0.25) is 0 Å². The Bertz CT molecular complexity index is 120. The molecule has 2 heteroatoms. The third kappa shape index (κ3) is 2.12. The molecule has 1 aliphatic rings. The highest BCUT2D eigenvalue weighted by Crippen LogP contribution is 2.24. The zero-order chi connectivity index (χ0) is 7.40. The van der Waals surface area contributed by atoms with Crippen molar-refractivity contribution >= 4 is 0 Å². The van der Waals surface area contributed by atoms with Crippen LogP contribution < -0.4 is 0 Å². The quantitative estimate of drug-likeness (QED) is 0.471. The number of hydrogen-bond acceptors (Lipinski definition) is 2. The fourth-order valence-electron chi connectivity index (χ4n) is 0.944. The summed E-state index contributed by atoms with van der Waals surface area (Å²) in [5.41, 5.74) is 0. The van der Waals surface area contributed by atoms with Gasteiger partial charge in [-0.25, -0.2) is 0 Å². The molecule has 0 aromatic rings. The highest BCUT2D eigenvalue weighted by atomic mass is 16.6. The molecular weight excluding hydrogens is 128 g/mol. The van der Waals surface area contributed by atoms with Gasteiger partial charge in [0.15, 0.2) is 0 Å². The monoisotopic (exact) mass is 142 g/mol. The van der Waals surface area contributed by atoms with Crippen LogP contribution in [0.3, 0.4) is 0 Å². The van der Waals surface area contributed by atoms with Gasteiger partial charge in [0.1, 0.15) is 6.10 Å². The summed E-state index contributed by atoms with van der Waals surface area (Å²) >= 11 is 0. The van der Waals surface area contributed by atoms with E-state index in [1.54, 1.807) is 0 Å². The molecule has 1 heterocycles. The Labute approximate surface area is 61.5 Å². The van der Waals surface area contributed by atoms with Crippen LogP contribution in [0.15, 0.2) is 12.2 Å². The highest BCUT2D eigenvalue weighted by Gasteiger charge is 2.36. The molecular formula is C8H14O2. The highest BCUT2D eigenvalue weighted by molar-refractivity contribution is 4.92. The van der Waals surface area contributed by atoms with E-state index >= 15 is 0 Å². The third-order valence-corrected chi connectivity index (χ3v) is 1.64. The second-order valence-corrected chi connectivity index (χ2v) is 2.51. The molecule has 2 nitrogen and oxygen atoms in total. The maximum atomic E-state index is 8.58. The van der Waals surface area contributed by atoms with Crippen LogP contribution in [0.5, 0.6) is 0 Å². The summed E-state index contributed by atoms with van der Waals surface area (Å²) < 4.78 is 5.11. The van der Waals surface area contributed by atoms with Crippen LogP contribution in [0, 0.1) is 0 Å². The fraction of sp³-hybridized carbons (Fsp3) is 0.750. The zero-order valence-corrected chi connectivity index (χ0v) is 6.29. The first-order valence-corrected chi connectivity index (χ1v) is 3.79. The second-order valence-electron chi connectivity index (χ2n) is 2.51. The lowest BCUT2D eigenvalue weighted by atomic mass is 10.2. The molecule has 0 amide bonds. The predicted octanol–water partition coefficient (Wildman–Crippen LogP) is 1.10. The average Bonchev–Trinajstić information content (AvgIpc) is 2.68. The third-order valence-electron chi connectivity index (χ3n) is 1.64. The van der Waals surface area contributed by atoms with Gasteiger partial charge in [0.25, 0.3) is 0 Å². The molecule has 0 radical (unpaired) electrons. The average molecular weight is 142 g/mol. The molecule has 0 aromatic heterocycles. The summed E-state index contributed by atoms with van der Waals surface area (Å²) in [6.07, 6.45) is 6.70. The first kappa shape index (κ1) is 7.76. The van der Waals surface area contributed by atoms with Crippen molar-refractivity contribution in [3.05, 3.63) is 12.2 Å². The Morgan fingerprint density at radius 3 is 2.70 bits per heavy atom. The first-order chi connectivity index (χ1) is 4.88. The normalized spacial score (nSPS) is 31.4. The molecule has 58 valence electrons. The molecule has 10 heavy (non-hydrogen) atoms. The van der Waals surface area contributed by atoms with Crippen LogP contribution in [0.25, 0.3) is 0 Å². The van der Waals surface area contributed by atoms with Crippen molar-refractivity contribution in [3.8, 4) is 0 Å². The van der Waals surface area contributed by atoms with Crippen LogP contribution >= 0.6 is 0 Å². The van der Waals surface area contributed by atoms with Crippen molar-refractivity contribution in [1.29, 1.82) is 0 Å². The van der Waals surface area contributed by atoms with Gasteiger partial charge in [-0.05, 0) is 12.8 Å². The number of hydrogen-bond donors (Lipinski definition) is 1. The molecule has 1 N–H and O–H groups in total. The van der Waals surface area contributed by atoms with E-state index in [9.17, 15) is 0 Å². The lowest BCUT2D eigenvalue weighted by Gasteiger charge is -1.83. The molecule has 2 atom stereocenters. The standard InChI is InChI=1S/C8H14O2/c1-2-3-4-5-7-8(6-9)10-7/h3-4,7-9H,2,5-6H2,1H3/b4-3+. The SMILES string of the molecule is CC/C=C/CC1OC1CO. The van der Waals surface area contributed by atoms with Crippen molar-refractivity contribution in [2.24, 2.45) is 0 Å². The van der Waals surface area contributed by atoms with Crippen molar-refractivity contribution in [3.63, 3.8) is 0 Å². The molecule has 1 saturated heterocycles. The number of allylic oxidation sites excluding steroid dienone is 1. The van der Waals surface area contributed by atoms with E-state index in [-0.39, 0.29) is 12.7 Å². The lowest BCUT2D eigenvalue weighted by molar-refractivity contribution is 0.242. The molecule has 0 saturated carbocycles. The van der Waals surface area contributed by atoms with E-state index in [1.165, 1.54) is 0 Å². The lowest BCUT2D eigenvalue weighted by Crippen LogP contribution is -1.97. The summed E-state index contributed by atoms with van der Waals surface area (Å²) in [6.45, 7) is 2.28. The minimum absolute atomic E-state index is 0.126. The molecule has 1 aliphatic heterocycles. The van der Waals surface area contributed by atoms with E-state index in [1.807, 2.05) is 0 Å². The molecule has 0 spiro atoms. The van der Waals surface area contributed by atoms with Gasteiger partial charge in [-0.1, -0.05) is 19.1 Å². The van der Waals surface area contributed by atoms with Crippen molar-refractivity contribution in [2.75, 3.05) is 6.61 Å². The molecule has 2 unspecified atom stereocenters. The van der Waals surface area contributed by atoms with Gasteiger partial charge in [-0.15, -0.1) is 0 Å². The molecule has 0 aliphatic carbocycles. The van der Waals surface area contributed by atoms with Crippen molar-refractivity contribution in [2.45, 2.75) is 32.0 Å². The van der Waals surface area contributed by atoms with Crippen LogP contribution in [0.1, 0.15) is 19.8 Å². The molecule has 0 bridgehead atoms. The van der Waals surface area contributed by atoms with Gasteiger partial charge in [0.05, 0.1) is 12.7 Å². The summed E-state index contributed by atoms with van der Waals surface area (Å²) in [6, 6.07) is 0. The van der Waals surface area contributed by atoms with Gasteiger partial charge in [-0.2, -0.15) is 0 Å². The number of aliphatic hydroxyl groups is 1. The summed E-state index contributed by atoms with van der Waals surface area (Å²) in [5.74, 6) is 0. The molecule has 1 rings (SSSR count). The Balaban J connectivity index is 2.01. The van der Waals surface area contributed by atoms with Crippen LogP contribution in [0.2, 0.25) is 0 Å². The van der Waals surface area contributed by atoms with E-state index < -0.39 is 0 Å². The smallest absolute Gasteiger partial charge is 0.107 e. The summed E-state index contributed by atoms with van der Waals surface area (Å²) in [7, 11) is 0. The van der Waals surface area contributed by atoms with Gasteiger partial charge >= 0.3 is 0 Å². The van der Waals surface area contributed by atoms with E-state index in [0.29, 0.717) is 6.10 Å². The van der Waals surface area contributed by atoms with Gasteiger partial charge < -0.3 is 9.84 Å². The van der Waals surface area contributed by atoms with E-state index in [0.717, 1.165) is 12.8 Å². The maximum absolute atomic E-state index is 8.58. The zero-order valence-electron chi connectivity index (χ0n) is 6.29. The Morgan fingerprint density at radius 1 is 1.40 bits per heavy atom. The van der Waals surface area contributed by atoms with Crippen LogP contribution in [-0.4, -0.2) is 23.9 Å². The largest absolute Gasteiger partial charge is 0.394 e. The number of epoxide rings is 1. The van der Waals surface area contributed by atoms with Crippen molar-refractivity contribution < 1.29 is 9.84 Å². The summed E-state index contributed by atoms with van der Waals surface area (Å²) in [5, 5.41) is 8.58. The van der Waals surface area contributed by atoms with Crippen molar-refractivity contribution in [1.82, 2.24) is 0 Å². The van der Waals surface area contributed by atoms with Gasteiger partial charge in [0, 0.05) is 0 Å². The fourth-order valence-corrected chi connectivity index (χ4v) is 0.944. The van der Waals surface area contributed by atoms with Gasteiger partial charge in [-0.3, -0.25) is 0 Å². The topological polar surface area (TPSA) is 32.8 Å². The molecule has 0 aromatic carbocycles.